The molecule has 0 spiro atoms. The summed E-state index contributed by atoms with van der Waals surface area (Å²) in [4.78, 5) is 0. The molecule has 5 heteroatoms. The van der Waals surface area contributed by atoms with Gasteiger partial charge in [0.05, 0.1) is 10.7 Å². The lowest BCUT2D eigenvalue weighted by atomic mass is 10.1. The van der Waals surface area contributed by atoms with E-state index in [2.05, 4.69) is 23.3 Å². The second-order valence-electron chi connectivity index (χ2n) is 4.77. The van der Waals surface area contributed by atoms with Crippen LogP contribution in [0.3, 0.4) is 0 Å². The molecule has 0 bridgehead atoms. The highest BCUT2D eigenvalue weighted by Gasteiger charge is 2.19. The van der Waals surface area contributed by atoms with Crippen molar-refractivity contribution in [3.8, 4) is 23.0 Å². The van der Waals surface area contributed by atoms with Crippen LogP contribution in [0.4, 0.5) is 0 Å². The van der Waals surface area contributed by atoms with Crippen LogP contribution in [-0.4, -0.2) is 15.0 Å². The molecule has 108 valence electrons. The SMILES string of the molecule is CCc1ccccc1-n1nnc(C#N)c1-c1ccccc1Cl. The van der Waals surface area contributed by atoms with Crippen molar-refractivity contribution in [1.82, 2.24) is 15.0 Å². The molecule has 0 aliphatic heterocycles. The van der Waals surface area contributed by atoms with Crippen molar-refractivity contribution >= 4 is 11.6 Å². The zero-order chi connectivity index (χ0) is 15.5. The standard InChI is InChI=1S/C17H13ClN4/c1-2-12-7-3-6-10-16(12)22-17(15(11-19)20-21-22)13-8-4-5-9-14(13)18/h3-10H,2H2,1H3. The second kappa shape index (κ2) is 6.00. The maximum absolute atomic E-state index is 9.35. The van der Waals surface area contributed by atoms with Crippen molar-refractivity contribution in [1.29, 1.82) is 5.26 Å². The summed E-state index contributed by atoms with van der Waals surface area (Å²) in [6.45, 7) is 2.08. The molecule has 0 saturated carbocycles. The highest BCUT2D eigenvalue weighted by molar-refractivity contribution is 6.33. The Morgan fingerprint density at radius 3 is 2.59 bits per heavy atom. The van der Waals surface area contributed by atoms with E-state index in [1.807, 2.05) is 42.5 Å². The van der Waals surface area contributed by atoms with E-state index < -0.39 is 0 Å². The van der Waals surface area contributed by atoms with Gasteiger partial charge in [0.1, 0.15) is 11.8 Å². The van der Waals surface area contributed by atoms with Crippen molar-refractivity contribution in [2.24, 2.45) is 0 Å². The molecule has 1 heterocycles. The second-order valence-corrected chi connectivity index (χ2v) is 5.18. The summed E-state index contributed by atoms with van der Waals surface area (Å²) < 4.78 is 1.69. The average molecular weight is 309 g/mol. The summed E-state index contributed by atoms with van der Waals surface area (Å²) in [5.41, 5.74) is 3.67. The molecule has 0 N–H and O–H groups in total. The van der Waals surface area contributed by atoms with Crippen LogP contribution in [0.15, 0.2) is 48.5 Å². The van der Waals surface area contributed by atoms with Crippen LogP contribution in [0, 0.1) is 11.3 Å². The fourth-order valence-corrected chi connectivity index (χ4v) is 2.66. The minimum atomic E-state index is 0.263. The number of hydrogen-bond donors (Lipinski definition) is 0. The van der Waals surface area contributed by atoms with Gasteiger partial charge in [-0.2, -0.15) is 5.26 Å². The first-order valence-electron chi connectivity index (χ1n) is 6.95. The minimum absolute atomic E-state index is 0.263. The van der Waals surface area contributed by atoms with Gasteiger partial charge in [0.15, 0.2) is 5.69 Å². The smallest absolute Gasteiger partial charge is 0.191 e. The van der Waals surface area contributed by atoms with Gasteiger partial charge in [0.2, 0.25) is 0 Å². The normalized spacial score (nSPS) is 10.4. The van der Waals surface area contributed by atoms with Gasteiger partial charge in [-0.1, -0.05) is 60.1 Å². The maximum atomic E-state index is 9.35. The van der Waals surface area contributed by atoms with E-state index in [9.17, 15) is 5.26 Å². The Hall–Kier alpha value is -2.64. The van der Waals surface area contributed by atoms with Crippen LogP contribution < -0.4 is 0 Å². The van der Waals surface area contributed by atoms with Crippen LogP contribution in [0.1, 0.15) is 18.2 Å². The molecule has 0 fully saturated rings. The number of halogens is 1. The third-order valence-corrected chi connectivity index (χ3v) is 3.84. The number of aryl methyl sites for hydroxylation is 1. The van der Waals surface area contributed by atoms with Crippen molar-refractivity contribution in [2.75, 3.05) is 0 Å². The molecule has 3 aromatic rings. The highest BCUT2D eigenvalue weighted by Crippen LogP contribution is 2.31. The lowest BCUT2D eigenvalue weighted by molar-refractivity contribution is 0.797. The number of nitriles is 1. The topological polar surface area (TPSA) is 54.5 Å². The fraction of sp³-hybridized carbons (Fsp3) is 0.118. The van der Waals surface area contributed by atoms with Gasteiger partial charge in [-0.05, 0) is 24.1 Å². The van der Waals surface area contributed by atoms with E-state index in [1.165, 1.54) is 0 Å². The van der Waals surface area contributed by atoms with Crippen molar-refractivity contribution < 1.29 is 0 Å². The van der Waals surface area contributed by atoms with Gasteiger partial charge in [0.25, 0.3) is 0 Å². The van der Waals surface area contributed by atoms with Crippen LogP contribution in [0.5, 0.6) is 0 Å². The van der Waals surface area contributed by atoms with Crippen LogP contribution in [0.25, 0.3) is 16.9 Å². The molecule has 0 radical (unpaired) electrons. The molecule has 0 atom stereocenters. The number of nitrogens with zero attached hydrogens (tertiary/aromatic N) is 4. The van der Waals surface area contributed by atoms with Crippen molar-refractivity contribution in [2.45, 2.75) is 13.3 Å². The Kier molecular flexibility index (Phi) is 3.90. The van der Waals surface area contributed by atoms with Crippen molar-refractivity contribution in [3.05, 3.63) is 64.8 Å². The Bertz CT molecular complexity index is 861. The Morgan fingerprint density at radius 2 is 1.86 bits per heavy atom. The molecule has 22 heavy (non-hydrogen) atoms. The number of benzene rings is 2. The summed E-state index contributed by atoms with van der Waals surface area (Å²) in [6.07, 6.45) is 0.861. The quantitative estimate of drug-likeness (QED) is 0.734. The number of para-hydroxylation sites is 1. The Balaban J connectivity index is 2.30. The number of hydrogen-bond acceptors (Lipinski definition) is 3. The molecule has 0 aliphatic carbocycles. The summed E-state index contributed by atoms with van der Waals surface area (Å²) in [7, 11) is 0. The van der Waals surface area contributed by atoms with Crippen LogP contribution >= 0.6 is 11.6 Å². The number of aromatic nitrogens is 3. The van der Waals surface area contributed by atoms with Gasteiger partial charge in [-0.25, -0.2) is 4.68 Å². The predicted octanol–water partition coefficient (Wildman–Crippen LogP) is 4.02. The van der Waals surface area contributed by atoms with E-state index in [0.717, 1.165) is 23.2 Å². The average Bonchev–Trinajstić information content (AvgIpc) is 2.98. The third-order valence-electron chi connectivity index (χ3n) is 3.51. The number of rotatable bonds is 3. The van der Waals surface area contributed by atoms with E-state index in [1.54, 1.807) is 10.7 Å². The van der Waals surface area contributed by atoms with Crippen LogP contribution in [-0.2, 0) is 6.42 Å². The molecule has 2 aromatic carbocycles. The van der Waals surface area contributed by atoms with Gasteiger partial charge < -0.3 is 0 Å². The molecule has 0 aliphatic rings. The molecule has 0 unspecified atom stereocenters. The third kappa shape index (κ3) is 2.36. The summed E-state index contributed by atoms with van der Waals surface area (Å²) >= 11 is 6.30. The van der Waals surface area contributed by atoms with E-state index in [-0.39, 0.29) is 5.69 Å². The molecule has 1 aromatic heterocycles. The predicted molar refractivity (Wildman–Crippen MR) is 85.9 cm³/mol. The van der Waals surface area contributed by atoms with Gasteiger partial charge >= 0.3 is 0 Å². The lowest BCUT2D eigenvalue weighted by Gasteiger charge is -2.11. The zero-order valence-electron chi connectivity index (χ0n) is 12.0. The first kappa shape index (κ1) is 14.3. The molecule has 0 amide bonds. The lowest BCUT2D eigenvalue weighted by Crippen LogP contribution is -2.03. The summed E-state index contributed by atoms with van der Waals surface area (Å²) in [5, 5.41) is 18.1. The summed E-state index contributed by atoms with van der Waals surface area (Å²) in [5.74, 6) is 0. The largest absolute Gasteiger partial charge is 0.211 e. The van der Waals surface area contributed by atoms with Gasteiger partial charge in [0, 0.05) is 5.56 Å². The summed E-state index contributed by atoms with van der Waals surface area (Å²) in [6, 6.07) is 17.4. The molecule has 3 rings (SSSR count). The Labute approximate surface area is 133 Å². The monoisotopic (exact) mass is 308 g/mol. The van der Waals surface area contributed by atoms with Gasteiger partial charge in [-0.3, -0.25) is 0 Å². The minimum Gasteiger partial charge on any atom is -0.211 e. The zero-order valence-corrected chi connectivity index (χ0v) is 12.7. The van der Waals surface area contributed by atoms with Gasteiger partial charge in [-0.15, -0.1) is 5.10 Å². The first-order valence-corrected chi connectivity index (χ1v) is 7.33. The Morgan fingerprint density at radius 1 is 1.14 bits per heavy atom. The van der Waals surface area contributed by atoms with E-state index >= 15 is 0 Å². The fourth-order valence-electron chi connectivity index (χ4n) is 2.44. The first-order chi connectivity index (χ1) is 10.8. The molecule has 4 nitrogen and oxygen atoms in total. The maximum Gasteiger partial charge on any atom is 0.191 e. The van der Waals surface area contributed by atoms with Crippen molar-refractivity contribution in [3.63, 3.8) is 0 Å². The van der Waals surface area contributed by atoms with Crippen LogP contribution in [0.2, 0.25) is 5.02 Å². The molecular formula is C17H13ClN4. The molecule has 0 saturated heterocycles. The van der Waals surface area contributed by atoms with E-state index in [0.29, 0.717) is 10.7 Å². The van der Waals surface area contributed by atoms with E-state index in [4.69, 9.17) is 11.6 Å². The highest BCUT2D eigenvalue weighted by atomic mass is 35.5. The molecular weight excluding hydrogens is 296 g/mol.